The molecule has 0 spiro atoms. The Morgan fingerprint density at radius 2 is 1.61 bits per heavy atom. The summed E-state index contributed by atoms with van der Waals surface area (Å²) in [5.74, 6) is -6.29. The summed E-state index contributed by atoms with van der Waals surface area (Å²) >= 11 is 0. The van der Waals surface area contributed by atoms with Crippen molar-refractivity contribution in [3.05, 3.63) is 65.2 Å². The van der Waals surface area contributed by atoms with Crippen molar-refractivity contribution in [3.8, 4) is 0 Å². The van der Waals surface area contributed by atoms with Gasteiger partial charge >= 0.3 is 5.97 Å². The van der Waals surface area contributed by atoms with Crippen LogP contribution in [0.25, 0.3) is 0 Å². The van der Waals surface area contributed by atoms with Crippen molar-refractivity contribution in [1.82, 2.24) is 0 Å². The first-order chi connectivity index (χ1) is 10.9. The zero-order valence-corrected chi connectivity index (χ0v) is 11.4. The van der Waals surface area contributed by atoms with E-state index in [9.17, 15) is 27.2 Å². The summed E-state index contributed by atoms with van der Waals surface area (Å²) in [4.78, 5) is 23.1. The molecule has 0 bridgehead atoms. The van der Waals surface area contributed by atoms with Gasteiger partial charge in [0, 0.05) is 6.07 Å². The van der Waals surface area contributed by atoms with E-state index in [0.717, 1.165) is 30.3 Å². The molecule has 120 valence electrons. The van der Waals surface area contributed by atoms with Gasteiger partial charge < -0.3 is 10.1 Å². The molecule has 1 amide bonds. The first-order valence-electron chi connectivity index (χ1n) is 6.24. The average molecular weight is 327 g/mol. The van der Waals surface area contributed by atoms with Gasteiger partial charge in [0.25, 0.3) is 5.91 Å². The molecule has 2 aromatic carbocycles. The molecular weight excluding hydrogens is 318 g/mol. The van der Waals surface area contributed by atoms with Crippen LogP contribution in [0.5, 0.6) is 0 Å². The van der Waals surface area contributed by atoms with Crippen LogP contribution in [0.3, 0.4) is 0 Å². The van der Waals surface area contributed by atoms with Crippen LogP contribution in [0.4, 0.5) is 23.2 Å². The SMILES string of the molecule is O=C(COC(=O)c1ccc(F)cc1F)Nc1c(F)cccc1F. The minimum Gasteiger partial charge on any atom is -0.452 e. The Labute approximate surface area is 127 Å². The van der Waals surface area contributed by atoms with Crippen molar-refractivity contribution in [3.63, 3.8) is 0 Å². The number of halogens is 4. The molecule has 0 aromatic heterocycles. The molecule has 8 heteroatoms. The maximum Gasteiger partial charge on any atom is 0.341 e. The maximum atomic E-state index is 13.3. The van der Waals surface area contributed by atoms with Crippen LogP contribution in [0.15, 0.2) is 36.4 Å². The summed E-state index contributed by atoms with van der Waals surface area (Å²) < 4.78 is 57.2. The number of benzene rings is 2. The second kappa shape index (κ2) is 6.91. The van der Waals surface area contributed by atoms with Gasteiger partial charge in [0.2, 0.25) is 0 Å². The molecule has 0 radical (unpaired) electrons. The Hall–Kier alpha value is -2.90. The van der Waals surface area contributed by atoms with Gasteiger partial charge in [0.1, 0.15) is 29.0 Å². The first-order valence-corrected chi connectivity index (χ1v) is 6.24. The summed E-state index contributed by atoms with van der Waals surface area (Å²) in [7, 11) is 0. The molecule has 0 atom stereocenters. The van der Waals surface area contributed by atoms with E-state index in [-0.39, 0.29) is 0 Å². The Morgan fingerprint density at radius 3 is 2.22 bits per heavy atom. The number of esters is 1. The molecule has 4 nitrogen and oxygen atoms in total. The van der Waals surface area contributed by atoms with Crippen LogP contribution in [0, 0.1) is 23.3 Å². The molecule has 0 aliphatic rings. The van der Waals surface area contributed by atoms with Gasteiger partial charge in [-0.1, -0.05) is 6.07 Å². The molecule has 0 aliphatic carbocycles. The highest BCUT2D eigenvalue weighted by molar-refractivity contribution is 5.95. The fourth-order valence-corrected chi connectivity index (χ4v) is 1.66. The van der Waals surface area contributed by atoms with Gasteiger partial charge in [-0.25, -0.2) is 22.4 Å². The van der Waals surface area contributed by atoms with E-state index in [1.54, 1.807) is 0 Å². The molecule has 0 saturated carbocycles. The highest BCUT2D eigenvalue weighted by Gasteiger charge is 2.17. The lowest BCUT2D eigenvalue weighted by molar-refractivity contribution is -0.119. The minimum absolute atomic E-state index is 0.478. The van der Waals surface area contributed by atoms with E-state index < -0.39 is 53.0 Å². The van der Waals surface area contributed by atoms with Crippen LogP contribution in [-0.4, -0.2) is 18.5 Å². The van der Waals surface area contributed by atoms with Crippen LogP contribution >= 0.6 is 0 Å². The van der Waals surface area contributed by atoms with Crippen LogP contribution < -0.4 is 5.32 Å². The Bertz CT molecular complexity index is 744. The molecule has 0 heterocycles. The third-order valence-corrected chi connectivity index (χ3v) is 2.71. The number of rotatable bonds is 4. The lowest BCUT2D eigenvalue weighted by Gasteiger charge is -2.08. The van der Waals surface area contributed by atoms with Crippen molar-refractivity contribution in [2.24, 2.45) is 0 Å². The number of ether oxygens (including phenoxy) is 1. The van der Waals surface area contributed by atoms with E-state index in [1.165, 1.54) is 0 Å². The zero-order chi connectivity index (χ0) is 17.0. The molecular formula is C15H9F4NO3. The summed E-state index contributed by atoms with van der Waals surface area (Å²) in [5, 5.41) is 1.89. The van der Waals surface area contributed by atoms with E-state index in [2.05, 4.69) is 4.74 Å². The number of para-hydroxylation sites is 1. The van der Waals surface area contributed by atoms with Crippen molar-refractivity contribution in [2.75, 3.05) is 11.9 Å². The lowest BCUT2D eigenvalue weighted by Crippen LogP contribution is -2.22. The van der Waals surface area contributed by atoms with Crippen molar-refractivity contribution < 1.29 is 31.9 Å². The van der Waals surface area contributed by atoms with Gasteiger partial charge in [0.05, 0.1) is 5.56 Å². The van der Waals surface area contributed by atoms with Gasteiger partial charge in [-0.15, -0.1) is 0 Å². The highest BCUT2D eigenvalue weighted by atomic mass is 19.1. The molecule has 0 unspecified atom stereocenters. The lowest BCUT2D eigenvalue weighted by atomic mass is 10.2. The number of hydrogen-bond acceptors (Lipinski definition) is 3. The van der Waals surface area contributed by atoms with Crippen molar-refractivity contribution in [1.29, 1.82) is 0 Å². The smallest absolute Gasteiger partial charge is 0.341 e. The monoisotopic (exact) mass is 327 g/mol. The number of carbonyl (C=O) groups excluding carboxylic acids is 2. The summed E-state index contributed by atoms with van der Waals surface area (Å²) in [6, 6.07) is 5.14. The fraction of sp³-hybridized carbons (Fsp3) is 0.0667. The quantitative estimate of drug-likeness (QED) is 0.694. The maximum absolute atomic E-state index is 13.3. The molecule has 23 heavy (non-hydrogen) atoms. The number of amides is 1. The Balaban J connectivity index is 1.98. The predicted molar refractivity (Wildman–Crippen MR) is 71.6 cm³/mol. The van der Waals surface area contributed by atoms with Gasteiger partial charge in [-0.3, -0.25) is 4.79 Å². The van der Waals surface area contributed by atoms with E-state index >= 15 is 0 Å². The van der Waals surface area contributed by atoms with E-state index in [4.69, 9.17) is 0 Å². The van der Waals surface area contributed by atoms with Gasteiger partial charge in [-0.05, 0) is 24.3 Å². The third kappa shape index (κ3) is 4.06. The number of anilines is 1. The molecule has 0 saturated heterocycles. The second-order valence-corrected chi connectivity index (χ2v) is 4.35. The van der Waals surface area contributed by atoms with E-state index in [1.807, 2.05) is 5.32 Å². The number of nitrogens with one attached hydrogen (secondary N) is 1. The Morgan fingerprint density at radius 1 is 0.957 bits per heavy atom. The number of carbonyl (C=O) groups is 2. The second-order valence-electron chi connectivity index (χ2n) is 4.35. The van der Waals surface area contributed by atoms with Crippen LogP contribution in [0.1, 0.15) is 10.4 Å². The first kappa shape index (κ1) is 16.5. The van der Waals surface area contributed by atoms with Crippen molar-refractivity contribution >= 4 is 17.6 Å². The molecule has 1 N–H and O–H groups in total. The zero-order valence-electron chi connectivity index (χ0n) is 11.4. The standard InChI is InChI=1S/C15H9F4NO3/c16-8-4-5-9(12(19)6-8)15(22)23-7-13(21)20-14-10(17)2-1-3-11(14)18/h1-6H,7H2,(H,20,21). The van der Waals surface area contributed by atoms with Gasteiger partial charge in [0.15, 0.2) is 6.61 Å². The minimum atomic E-state index is -1.22. The average Bonchev–Trinajstić information content (AvgIpc) is 2.49. The summed E-state index contributed by atoms with van der Waals surface area (Å²) in [5.41, 5.74) is -1.27. The summed E-state index contributed by atoms with van der Waals surface area (Å²) in [6.45, 7) is -0.899. The summed E-state index contributed by atoms with van der Waals surface area (Å²) in [6.07, 6.45) is 0. The largest absolute Gasteiger partial charge is 0.452 e. The van der Waals surface area contributed by atoms with Gasteiger partial charge in [-0.2, -0.15) is 0 Å². The molecule has 0 aliphatic heterocycles. The fourth-order valence-electron chi connectivity index (χ4n) is 1.66. The number of hydrogen-bond donors (Lipinski definition) is 1. The normalized spacial score (nSPS) is 10.3. The molecule has 2 aromatic rings. The van der Waals surface area contributed by atoms with Crippen LogP contribution in [-0.2, 0) is 9.53 Å². The van der Waals surface area contributed by atoms with E-state index in [0.29, 0.717) is 6.07 Å². The molecule has 2 rings (SSSR count). The molecule has 0 fully saturated rings. The predicted octanol–water partition coefficient (Wildman–Crippen LogP) is 3.04. The van der Waals surface area contributed by atoms with Crippen molar-refractivity contribution in [2.45, 2.75) is 0 Å². The Kier molecular flexibility index (Phi) is 4.95. The topological polar surface area (TPSA) is 55.4 Å². The van der Waals surface area contributed by atoms with Crippen LogP contribution in [0.2, 0.25) is 0 Å². The highest BCUT2D eigenvalue weighted by Crippen LogP contribution is 2.18. The third-order valence-electron chi connectivity index (χ3n) is 2.71.